The molecule has 1 N–H and O–H groups in total. The number of ether oxygens (including phenoxy) is 2. The molecule has 1 aromatic heterocycles. The molecule has 25 heavy (non-hydrogen) atoms. The fraction of sp³-hybridized carbons (Fsp3) is 0.133. The monoisotopic (exact) mass is 346 g/mol. The van der Waals surface area contributed by atoms with Crippen molar-refractivity contribution < 1.29 is 33.2 Å². The van der Waals surface area contributed by atoms with E-state index in [9.17, 15) is 24.5 Å². The van der Waals surface area contributed by atoms with Gasteiger partial charge in [-0.05, 0) is 24.3 Å². The summed E-state index contributed by atoms with van der Waals surface area (Å²) >= 11 is 0. The van der Waals surface area contributed by atoms with Gasteiger partial charge in [0, 0.05) is 5.56 Å². The Kier molecular flexibility index (Phi) is 4.16. The van der Waals surface area contributed by atoms with E-state index < -0.39 is 29.2 Å². The Hall–Kier alpha value is -3.69. The lowest BCUT2D eigenvalue weighted by Crippen LogP contribution is -2.25. The van der Waals surface area contributed by atoms with Gasteiger partial charge in [0.1, 0.15) is 10.7 Å². The molecule has 2 heterocycles. The summed E-state index contributed by atoms with van der Waals surface area (Å²) in [6.07, 6.45) is 0. The maximum absolute atomic E-state index is 12.1. The van der Waals surface area contributed by atoms with Crippen molar-refractivity contribution in [2.75, 3.05) is 18.5 Å². The van der Waals surface area contributed by atoms with E-state index in [1.807, 2.05) is 0 Å². The van der Waals surface area contributed by atoms with Crippen molar-refractivity contribution in [2.45, 2.75) is 0 Å². The first kappa shape index (κ1) is 16.2. The fourth-order valence-corrected chi connectivity index (χ4v) is 2.08. The second kappa shape index (κ2) is 6.43. The van der Waals surface area contributed by atoms with Gasteiger partial charge in [-0.1, -0.05) is 0 Å². The van der Waals surface area contributed by atoms with E-state index in [1.54, 1.807) is 0 Å². The summed E-state index contributed by atoms with van der Waals surface area (Å²) in [7, 11) is 0. The van der Waals surface area contributed by atoms with Crippen molar-refractivity contribution in [1.82, 2.24) is 0 Å². The molecule has 1 aromatic carbocycles. The highest BCUT2D eigenvalue weighted by Gasteiger charge is 2.21. The Bertz CT molecular complexity index is 885. The fourth-order valence-electron chi connectivity index (χ4n) is 2.08. The minimum atomic E-state index is -1.00. The standard InChI is InChI=1S/C15H10N2O8/c18-10(6-24-15(20)12-3-4-14(25-12)17(21)22)8-1-2-11-9(5-8)16-13(19)7-23-11/h1-5H,6-7H2,(H,16,19). The predicted octanol–water partition coefficient (Wildman–Crippen LogP) is 1.56. The molecule has 1 aliphatic heterocycles. The number of esters is 1. The quantitative estimate of drug-likeness (QED) is 0.372. The van der Waals surface area contributed by atoms with Gasteiger partial charge < -0.3 is 19.2 Å². The number of nitrogens with one attached hydrogen (secondary N) is 1. The van der Waals surface area contributed by atoms with Crippen LogP contribution in [-0.4, -0.2) is 35.8 Å². The normalized spacial score (nSPS) is 12.6. The third-order valence-electron chi connectivity index (χ3n) is 3.24. The third kappa shape index (κ3) is 3.47. The van der Waals surface area contributed by atoms with Gasteiger partial charge in [0.2, 0.25) is 5.76 Å². The van der Waals surface area contributed by atoms with Crippen molar-refractivity contribution >= 4 is 29.2 Å². The maximum Gasteiger partial charge on any atom is 0.433 e. The molecule has 3 rings (SSSR count). The summed E-state index contributed by atoms with van der Waals surface area (Å²) in [6.45, 7) is -0.700. The molecule has 10 heteroatoms. The van der Waals surface area contributed by atoms with Crippen LogP contribution in [0.3, 0.4) is 0 Å². The van der Waals surface area contributed by atoms with E-state index in [0.29, 0.717) is 11.4 Å². The molecule has 1 aliphatic rings. The Morgan fingerprint density at radius 3 is 2.80 bits per heavy atom. The van der Waals surface area contributed by atoms with Crippen molar-refractivity contribution in [3.63, 3.8) is 0 Å². The number of nitrogens with zero attached hydrogens (tertiary/aromatic N) is 1. The molecule has 2 aromatic rings. The summed E-state index contributed by atoms with van der Waals surface area (Å²) in [5.41, 5.74) is 0.540. The Labute approximate surface area is 139 Å². The Morgan fingerprint density at radius 1 is 1.28 bits per heavy atom. The van der Waals surface area contributed by atoms with Crippen LogP contribution in [0.2, 0.25) is 0 Å². The van der Waals surface area contributed by atoms with Gasteiger partial charge >= 0.3 is 11.9 Å². The summed E-state index contributed by atoms with van der Waals surface area (Å²) in [6, 6.07) is 6.46. The first-order chi connectivity index (χ1) is 11.9. The SMILES string of the molecule is O=C1COc2ccc(C(=O)COC(=O)c3ccc([N+](=O)[O-])o3)cc2N1. The molecule has 0 aliphatic carbocycles. The number of ketones is 1. The van der Waals surface area contributed by atoms with Crippen LogP contribution in [-0.2, 0) is 9.53 Å². The van der Waals surface area contributed by atoms with Crippen LogP contribution in [0.1, 0.15) is 20.9 Å². The second-order valence-corrected chi connectivity index (χ2v) is 4.94. The number of Topliss-reactive ketones (excluding diaryl/α,β-unsaturated/α-hetero) is 1. The molecule has 0 saturated heterocycles. The predicted molar refractivity (Wildman–Crippen MR) is 80.5 cm³/mol. The van der Waals surface area contributed by atoms with Crippen molar-refractivity contribution in [3.05, 3.63) is 51.8 Å². The van der Waals surface area contributed by atoms with Crippen molar-refractivity contribution in [1.29, 1.82) is 0 Å². The van der Waals surface area contributed by atoms with Crippen LogP contribution < -0.4 is 10.1 Å². The van der Waals surface area contributed by atoms with E-state index in [4.69, 9.17) is 9.47 Å². The zero-order valence-electron chi connectivity index (χ0n) is 12.5. The van der Waals surface area contributed by atoms with Crippen LogP contribution in [0.25, 0.3) is 0 Å². The van der Waals surface area contributed by atoms with Crippen LogP contribution in [0.15, 0.2) is 34.7 Å². The van der Waals surface area contributed by atoms with Crippen molar-refractivity contribution in [3.8, 4) is 5.75 Å². The van der Waals surface area contributed by atoms with Gasteiger partial charge in [0.25, 0.3) is 5.91 Å². The van der Waals surface area contributed by atoms with Gasteiger partial charge in [0.05, 0.1) is 11.8 Å². The second-order valence-electron chi connectivity index (χ2n) is 4.94. The highest BCUT2D eigenvalue weighted by atomic mass is 16.7. The number of rotatable bonds is 5. The average Bonchev–Trinajstić information content (AvgIpc) is 3.09. The topological polar surface area (TPSA) is 138 Å². The lowest BCUT2D eigenvalue weighted by Gasteiger charge is -2.18. The molecule has 0 fully saturated rings. The number of nitro groups is 1. The number of anilines is 1. The minimum absolute atomic E-state index is 0.104. The number of carbonyl (C=O) groups excluding carboxylic acids is 3. The summed E-state index contributed by atoms with van der Waals surface area (Å²) in [5.74, 6) is -2.44. The minimum Gasteiger partial charge on any atom is -0.482 e. The van der Waals surface area contributed by atoms with Gasteiger partial charge in [-0.2, -0.15) is 0 Å². The summed E-state index contributed by atoms with van der Waals surface area (Å²) in [4.78, 5) is 44.8. The Morgan fingerprint density at radius 2 is 2.08 bits per heavy atom. The number of fused-ring (bicyclic) bond motifs is 1. The molecule has 0 saturated carbocycles. The van der Waals surface area contributed by atoms with Crippen LogP contribution in [0.5, 0.6) is 5.75 Å². The highest BCUT2D eigenvalue weighted by molar-refractivity contribution is 6.02. The molecular formula is C15H10N2O8. The highest BCUT2D eigenvalue weighted by Crippen LogP contribution is 2.28. The molecule has 0 spiro atoms. The molecule has 1 amide bonds. The zero-order chi connectivity index (χ0) is 18.0. The van der Waals surface area contributed by atoms with Crippen LogP contribution in [0.4, 0.5) is 11.6 Å². The van der Waals surface area contributed by atoms with Gasteiger partial charge in [-0.3, -0.25) is 19.7 Å². The number of benzene rings is 1. The van der Waals surface area contributed by atoms with E-state index in [-0.39, 0.29) is 23.8 Å². The molecule has 0 radical (unpaired) electrons. The first-order valence-electron chi connectivity index (χ1n) is 6.95. The number of carbonyl (C=O) groups is 3. The summed E-state index contributed by atoms with van der Waals surface area (Å²) < 4.78 is 14.6. The molecular weight excluding hydrogens is 336 g/mol. The maximum atomic E-state index is 12.1. The van der Waals surface area contributed by atoms with E-state index in [2.05, 4.69) is 9.73 Å². The number of amides is 1. The summed E-state index contributed by atoms with van der Waals surface area (Å²) in [5, 5.41) is 13.1. The van der Waals surface area contributed by atoms with E-state index in [1.165, 1.54) is 18.2 Å². The van der Waals surface area contributed by atoms with Crippen LogP contribution >= 0.6 is 0 Å². The molecule has 128 valence electrons. The van der Waals surface area contributed by atoms with Crippen LogP contribution in [0, 0.1) is 10.1 Å². The number of furan rings is 1. The number of hydrogen-bond acceptors (Lipinski definition) is 8. The zero-order valence-corrected chi connectivity index (χ0v) is 12.5. The van der Waals surface area contributed by atoms with Gasteiger partial charge in [0.15, 0.2) is 19.0 Å². The largest absolute Gasteiger partial charge is 0.482 e. The number of hydrogen-bond donors (Lipinski definition) is 1. The molecule has 10 nitrogen and oxygen atoms in total. The molecule has 0 atom stereocenters. The average molecular weight is 346 g/mol. The lowest BCUT2D eigenvalue weighted by atomic mass is 10.1. The Balaban J connectivity index is 1.64. The molecule has 0 unspecified atom stereocenters. The van der Waals surface area contributed by atoms with Gasteiger partial charge in [-0.15, -0.1) is 0 Å². The third-order valence-corrected chi connectivity index (χ3v) is 3.24. The molecule has 0 bridgehead atoms. The van der Waals surface area contributed by atoms with E-state index >= 15 is 0 Å². The lowest BCUT2D eigenvalue weighted by molar-refractivity contribution is -0.402. The van der Waals surface area contributed by atoms with Gasteiger partial charge in [-0.25, -0.2) is 4.79 Å². The van der Waals surface area contributed by atoms with E-state index in [0.717, 1.165) is 12.1 Å². The smallest absolute Gasteiger partial charge is 0.433 e. The van der Waals surface area contributed by atoms with Crippen molar-refractivity contribution in [2.24, 2.45) is 0 Å². The first-order valence-corrected chi connectivity index (χ1v) is 6.95.